The van der Waals surface area contributed by atoms with Crippen LogP contribution in [0, 0.1) is 0 Å². The quantitative estimate of drug-likeness (QED) is 0.712. The van der Waals surface area contributed by atoms with Crippen molar-refractivity contribution in [2.75, 3.05) is 0 Å². The van der Waals surface area contributed by atoms with Crippen molar-refractivity contribution in [3.63, 3.8) is 0 Å². The van der Waals surface area contributed by atoms with Gasteiger partial charge >= 0.3 is 0 Å². The molecule has 0 spiro atoms. The van der Waals surface area contributed by atoms with Gasteiger partial charge in [-0.15, -0.1) is 0 Å². The summed E-state index contributed by atoms with van der Waals surface area (Å²) in [5.41, 5.74) is 0. The molecule has 0 aliphatic carbocycles. The lowest BCUT2D eigenvalue weighted by atomic mass is 10.3. The summed E-state index contributed by atoms with van der Waals surface area (Å²) in [6.45, 7) is 19.2. The fourth-order valence-corrected chi connectivity index (χ4v) is 4.39. The maximum Gasteiger partial charge on any atom is 0.271 e. The number of hydrogen-bond donors (Lipinski definition) is 0. The molecule has 0 aromatic heterocycles. The minimum absolute atomic E-state index is 0.667. The molecule has 0 atom stereocenters. The first-order chi connectivity index (χ1) is 8.36. The molecule has 1 heterocycles. The van der Waals surface area contributed by atoms with Crippen molar-refractivity contribution >= 4 is 16.4 Å². The third-order valence-electron chi connectivity index (χ3n) is 2.56. The third-order valence-corrected chi connectivity index (χ3v) is 5.30. The molecule has 0 bridgehead atoms. The fourth-order valence-electron chi connectivity index (χ4n) is 1.94. The normalized spacial score (nSPS) is 22.1. The van der Waals surface area contributed by atoms with E-state index in [1.165, 1.54) is 0 Å². The second-order valence-corrected chi connectivity index (χ2v) is 16.8. The summed E-state index contributed by atoms with van der Waals surface area (Å²) in [7, 11) is -3.32. The zero-order valence-corrected chi connectivity index (χ0v) is 15.8. The van der Waals surface area contributed by atoms with E-state index in [1.807, 2.05) is 26.8 Å². The van der Waals surface area contributed by atoms with Crippen LogP contribution in [0.3, 0.4) is 0 Å². The van der Waals surface area contributed by atoms with Crippen LogP contribution in [-0.4, -0.2) is 22.2 Å². The van der Waals surface area contributed by atoms with Crippen molar-refractivity contribution in [3.8, 4) is 0 Å². The van der Waals surface area contributed by atoms with Crippen LogP contribution in [-0.2, 0) is 13.9 Å². The van der Waals surface area contributed by atoms with Crippen LogP contribution in [0.1, 0.15) is 20.8 Å². The lowest BCUT2D eigenvalue weighted by Crippen LogP contribution is -2.42. The molecule has 0 aromatic rings. The second-order valence-electron chi connectivity index (χ2n) is 7.38. The minimum Gasteiger partial charge on any atom is -0.520 e. The molecular formula is C14H28O3Si2. The maximum absolute atomic E-state index is 6.20. The Morgan fingerprint density at radius 2 is 1.53 bits per heavy atom. The summed E-state index contributed by atoms with van der Waals surface area (Å²) in [5, 5.41) is 1.15. The highest BCUT2D eigenvalue weighted by Crippen LogP contribution is 2.38. The predicted octanol–water partition coefficient (Wildman–Crippen LogP) is 4.61. The zero-order chi connectivity index (χ0) is 15.1. The first-order valence-corrected chi connectivity index (χ1v) is 13.7. The van der Waals surface area contributed by atoms with E-state index < -0.39 is 22.2 Å². The molecule has 0 radical (unpaired) electrons. The van der Waals surface area contributed by atoms with Gasteiger partial charge in [-0.2, -0.15) is 0 Å². The lowest BCUT2D eigenvalue weighted by molar-refractivity contribution is -0.196. The summed E-state index contributed by atoms with van der Waals surface area (Å²) in [6.07, 6.45) is 2.02. The SMILES string of the molecule is C/C=C1\OC(C)(C)OC(O[Si](C)(C)C)=C1[Si](C)(C)C. The summed E-state index contributed by atoms with van der Waals surface area (Å²) in [6, 6.07) is 0. The van der Waals surface area contributed by atoms with Crippen molar-refractivity contribution in [2.24, 2.45) is 0 Å². The van der Waals surface area contributed by atoms with Gasteiger partial charge in [0.15, 0.2) is 0 Å². The number of hydrogen-bond acceptors (Lipinski definition) is 3. The van der Waals surface area contributed by atoms with Crippen LogP contribution in [0.5, 0.6) is 0 Å². The standard InChI is InChI=1S/C14H28O3Si2/c1-10-11-12(18(4,5)6)13(17-19(7,8)9)16-14(2,3)15-11/h10H,1-9H3/b11-10-. The van der Waals surface area contributed by atoms with Gasteiger partial charge in [-0.3, -0.25) is 0 Å². The minimum atomic E-state index is -1.71. The Bertz CT molecular complexity index is 409. The molecule has 110 valence electrons. The molecule has 1 aliphatic rings. The molecule has 1 aliphatic heterocycles. The van der Waals surface area contributed by atoms with Crippen LogP contribution in [0.15, 0.2) is 23.0 Å². The first-order valence-electron chi connectivity index (χ1n) is 6.84. The van der Waals surface area contributed by atoms with Crippen LogP contribution in [0.4, 0.5) is 0 Å². The molecule has 0 saturated heterocycles. The summed E-state index contributed by atoms with van der Waals surface area (Å²) < 4.78 is 18.1. The van der Waals surface area contributed by atoms with E-state index in [1.54, 1.807) is 0 Å². The Kier molecular flexibility index (Phi) is 4.32. The number of ether oxygens (including phenoxy) is 2. The Balaban J connectivity index is 3.37. The molecule has 3 nitrogen and oxygen atoms in total. The number of allylic oxidation sites excluding steroid dienone is 2. The monoisotopic (exact) mass is 300 g/mol. The summed E-state index contributed by atoms with van der Waals surface area (Å²) in [4.78, 5) is 0. The van der Waals surface area contributed by atoms with Crippen LogP contribution in [0.25, 0.3) is 0 Å². The topological polar surface area (TPSA) is 27.7 Å². The largest absolute Gasteiger partial charge is 0.520 e. The average molecular weight is 301 g/mol. The molecule has 0 saturated carbocycles. The van der Waals surface area contributed by atoms with Gasteiger partial charge in [-0.1, -0.05) is 19.6 Å². The Morgan fingerprint density at radius 3 is 1.89 bits per heavy atom. The van der Waals surface area contributed by atoms with E-state index in [9.17, 15) is 0 Å². The second kappa shape index (κ2) is 5.01. The molecule has 19 heavy (non-hydrogen) atoms. The highest BCUT2D eigenvalue weighted by molar-refractivity contribution is 6.84. The predicted molar refractivity (Wildman–Crippen MR) is 84.8 cm³/mol. The van der Waals surface area contributed by atoms with Gasteiger partial charge in [0.05, 0.1) is 13.3 Å². The Labute approximate surface area is 119 Å². The Morgan fingerprint density at radius 1 is 1.00 bits per heavy atom. The third kappa shape index (κ3) is 4.42. The van der Waals surface area contributed by atoms with Gasteiger partial charge in [0.1, 0.15) is 5.76 Å². The Hall–Kier alpha value is -0.686. The van der Waals surface area contributed by atoms with Gasteiger partial charge in [0, 0.05) is 13.8 Å². The average Bonchev–Trinajstić information content (AvgIpc) is 2.09. The molecule has 5 heteroatoms. The van der Waals surface area contributed by atoms with Crippen molar-refractivity contribution in [3.05, 3.63) is 23.0 Å². The summed E-state index contributed by atoms with van der Waals surface area (Å²) in [5.74, 6) is 0.950. The fraction of sp³-hybridized carbons (Fsp3) is 0.714. The van der Waals surface area contributed by atoms with Crippen molar-refractivity contribution in [2.45, 2.75) is 65.8 Å². The lowest BCUT2D eigenvalue weighted by Gasteiger charge is -2.40. The molecule has 0 aromatic carbocycles. The molecule has 0 N–H and O–H groups in total. The zero-order valence-electron chi connectivity index (χ0n) is 13.8. The van der Waals surface area contributed by atoms with Gasteiger partial charge < -0.3 is 13.9 Å². The van der Waals surface area contributed by atoms with E-state index in [2.05, 4.69) is 39.3 Å². The first kappa shape index (κ1) is 16.4. The van der Waals surface area contributed by atoms with Crippen molar-refractivity contribution in [1.29, 1.82) is 0 Å². The summed E-state index contributed by atoms with van der Waals surface area (Å²) >= 11 is 0. The molecule has 0 amide bonds. The van der Waals surface area contributed by atoms with E-state index >= 15 is 0 Å². The molecule has 0 unspecified atom stereocenters. The van der Waals surface area contributed by atoms with E-state index in [0.29, 0.717) is 5.95 Å². The molecule has 0 fully saturated rings. The van der Waals surface area contributed by atoms with Gasteiger partial charge in [-0.05, 0) is 32.6 Å². The van der Waals surface area contributed by atoms with Gasteiger partial charge in [0.2, 0.25) is 14.1 Å². The van der Waals surface area contributed by atoms with E-state index in [0.717, 1.165) is 11.0 Å². The maximum atomic E-state index is 6.20. The highest BCUT2D eigenvalue weighted by atomic mass is 28.4. The van der Waals surface area contributed by atoms with E-state index in [-0.39, 0.29) is 0 Å². The van der Waals surface area contributed by atoms with Crippen LogP contribution >= 0.6 is 0 Å². The van der Waals surface area contributed by atoms with Crippen LogP contribution < -0.4 is 0 Å². The van der Waals surface area contributed by atoms with Crippen LogP contribution in [0.2, 0.25) is 39.3 Å². The number of rotatable bonds is 3. The van der Waals surface area contributed by atoms with Crippen molar-refractivity contribution < 1.29 is 13.9 Å². The van der Waals surface area contributed by atoms with E-state index in [4.69, 9.17) is 13.9 Å². The highest BCUT2D eigenvalue weighted by Gasteiger charge is 2.41. The van der Waals surface area contributed by atoms with Gasteiger partial charge in [-0.25, -0.2) is 0 Å². The van der Waals surface area contributed by atoms with Gasteiger partial charge in [0.25, 0.3) is 5.95 Å². The molecule has 1 rings (SSSR count). The molecular weight excluding hydrogens is 272 g/mol. The van der Waals surface area contributed by atoms with Crippen molar-refractivity contribution in [1.82, 2.24) is 0 Å². The smallest absolute Gasteiger partial charge is 0.271 e.